The maximum Gasteiger partial charge on any atom is 0.416 e. The third-order valence-corrected chi connectivity index (χ3v) is 6.91. The van der Waals surface area contributed by atoms with Crippen molar-refractivity contribution in [3.63, 3.8) is 0 Å². The fourth-order valence-corrected chi connectivity index (χ4v) is 4.94. The van der Waals surface area contributed by atoms with Gasteiger partial charge in [-0.05, 0) is 31.0 Å². The van der Waals surface area contributed by atoms with Crippen LogP contribution in [0.4, 0.5) is 13.2 Å². The summed E-state index contributed by atoms with van der Waals surface area (Å²) in [6.07, 6.45) is -0.354. The maximum atomic E-state index is 12.9. The Hall–Kier alpha value is -1.74. The Labute approximate surface area is 151 Å². The number of hydrogen-bond acceptors (Lipinski definition) is 4. The van der Waals surface area contributed by atoms with Crippen LogP contribution in [0.2, 0.25) is 0 Å². The number of piperidine rings is 1. The Morgan fingerprint density at radius 1 is 1.23 bits per heavy atom. The molecule has 0 spiro atoms. The molecule has 1 fully saturated rings. The van der Waals surface area contributed by atoms with Crippen LogP contribution in [0.15, 0.2) is 41.1 Å². The first-order valence-electron chi connectivity index (χ1n) is 8.52. The third kappa shape index (κ3) is 3.83. The van der Waals surface area contributed by atoms with Crippen molar-refractivity contribution in [1.29, 1.82) is 0 Å². The van der Waals surface area contributed by atoms with Crippen molar-refractivity contribution >= 4 is 10.0 Å². The molecule has 2 aliphatic rings. The molecule has 0 amide bonds. The van der Waals surface area contributed by atoms with Gasteiger partial charge in [0.2, 0.25) is 10.0 Å². The fraction of sp³-hybridized carbons (Fsp3) is 0.529. The van der Waals surface area contributed by atoms with Crippen LogP contribution in [-0.4, -0.2) is 50.3 Å². The highest BCUT2D eigenvalue weighted by Crippen LogP contribution is 2.32. The highest BCUT2D eigenvalue weighted by atomic mass is 32.2. The first-order chi connectivity index (χ1) is 12.2. The molecule has 0 aliphatic carbocycles. The van der Waals surface area contributed by atoms with Crippen LogP contribution in [0.1, 0.15) is 24.8 Å². The molecule has 2 heterocycles. The van der Waals surface area contributed by atoms with Crippen molar-refractivity contribution in [2.24, 2.45) is 0 Å². The summed E-state index contributed by atoms with van der Waals surface area (Å²) in [4.78, 5) is 1.87. The second kappa shape index (κ2) is 7.11. The largest absolute Gasteiger partial charge is 0.416 e. The summed E-state index contributed by atoms with van der Waals surface area (Å²) < 4.78 is 65.3. The summed E-state index contributed by atoms with van der Waals surface area (Å²) in [5.74, 6) is 0. The van der Waals surface area contributed by atoms with Gasteiger partial charge in [-0.15, -0.1) is 0 Å². The number of benzene rings is 1. The molecule has 144 valence electrons. The van der Waals surface area contributed by atoms with Gasteiger partial charge in [-0.1, -0.05) is 6.07 Å². The van der Waals surface area contributed by atoms with E-state index in [0.717, 1.165) is 25.1 Å². The lowest BCUT2D eigenvalue weighted by Gasteiger charge is -2.37. The Morgan fingerprint density at radius 3 is 2.50 bits per heavy atom. The molecule has 0 aromatic heterocycles. The van der Waals surface area contributed by atoms with Gasteiger partial charge in [0.05, 0.1) is 10.5 Å². The van der Waals surface area contributed by atoms with Gasteiger partial charge >= 0.3 is 6.18 Å². The van der Waals surface area contributed by atoms with E-state index in [1.165, 1.54) is 16.1 Å². The quantitative estimate of drug-likeness (QED) is 0.860. The van der Waals surface area contributed by atoms with Crippen LogP contribution in [0.5, 0.6) is 0 Å². The van der Waals surface area contributed by atoms with Crippen molar-refractivity contribution < 1.29 is 21.6 Å². The van der Waals surface area contributed by atoms with Crippen molar-refractivity contribution in [1.82, 2.24) is 14.5 Å². The van der Waals surface area contributed by atoms with E-state index in [-0.39, 0.29) is 10.9 Å². The molecule has 0 radical (unpaired) electrons. The van der Waals surface area contributed by atoms with Gasteiger partial charge in [0.15, 0.2) is 0 Å². The van der Waals surface area contributed by atoms with E-state index in [1.807, 2.05) is 13.2 Å². The number of halogens is 3. The van der Waals surface area contributed by atoms with E-state index in [1.54, 1.807) is 0 Å². The Balaban J connectivity index is 1.70. The minimum Gasteiger partial charge on any atom is -0.389 e. The Kier molecular flexibility index (Phi) is 5.21. The highest BCUT2D eigenvalue weighted by molar-refractivity contribution is 7.89. The molecule has 3 rings (SSSR count). The molecule has 1 N–H and O–H groups in total. The van der Waals surface area contributed by atoms with E-state index in [9.17, 15) is 21.6 Å². The predicted octanol–water partition coefficient (Wildman–Crippen LogP) is 2.63. The molecule has 1 aromatic carbocycles. The third-order valence-electron chi connectivity index (χ3n) is 5.02. The molecule has 26 heavy (non-hydrogen) atoms. The van der Waals surface area contributed by atoms with Crippen LogP contribution < -0.4 is 5.32 Å². The van der Waals surface area contributed by atoms with Gasteiger partial charge in [0.25, 0.3) is 0 Å². The van der Waals surface area contributed by atoms with E-state index in [4.69, 9.17) is 0 Å². The summed E-state index contributed by atoms with van der Waals surface area (Å²) in [6, 6.07) is 4.17. The van der Waals surface area contributed by atoms with E-state index >= 15 is 0 Å². The molecule has 1 saturated heterocycles. The Morgan fingerprint density at radius 2 is 1.92 bits per heavy atom. The van der Waals surface area contributed by atoms with Crippen LogP contribution in [0, 0.1) is 0 Å². The summed E-state index contributed by atoms with van der Waals surface area (Å²) in [7, 11) is -1.92. The van der Waals surface area contributed by atoms with Crippen molar-refractivity contribution in [3.8, 4) is 0 Å². The summed E-state index contributed by atoms with van der Waals surface area (Å²) in [6.45, 7) is 1.50. The van der Waals surface area contributed by atoms with Crippen LogP contribution in [0.3, 0.4) is 0 Å². The lowest BCUT2D eigenvalue weighted by molar-refractivity contribution is -0.137. The molecular weight excluding hydrogens is 367 g/mol. The monoisotopic (exact) mass is 389 g/mol. The summed E-state index contributed by atoms with van der Waals surface area (Å²) >= 11 is 0. The van der Waals surface area contributed by atoms with Crippen molar-refractivity contribution in [2.75, 3.05) is 26.7 Å². The minimum atomic E-state index is -4.57. The zero-order valence-electron chi connectivity index (χ0n) is 14.5. The maximum absolute atomic E-state index is 12.9. The van der Waals surface area contributed by atoms with E-state index in [2.05, 4.69) is 10.2 Å². The second-order valence-corrected chi connectivity index (χ2v) is 8.55. The van der Waals surface area contributed by atoms with Crippen LogP contribution in [0.25, 0.3) is 0 Å². The number of sulfonamides is 1. The lowest BCUT2D eigenvalue weighted by Crippen LogP contribution is -2.45. The standard InChI is InChI=1S/C17H22F3N3O2S/c1-22(15-5-8-21-12-15)14-6-9-23(10-7-14)26(24,25)16-4-2-3-13(11-16)17(18,19)20/h2-4,11-12,14,21H,5-10H2,1H3. The zero-order chi connectivity index (χ0) is 18.9. The second-order valence-electron chi connectivity index (χ2n) is 6.61. The molecule has 1 aromatic rings. The molecule has 9 heteroatoms. The van der Waals surface area contributed by atoms with Gasteiger partial charge in [-0.2, -0.15) is 17.5 Å². The molecule has 0 unspecified atom stereocenters. The predicted molar refractivity (Wildman–Crippen MR) is 91.7 cm³/mol. The van der Waals surface area contributed by atoms with Gasteiger partial charge < -0.3 is 10.2 Å². The smallest absolute Gasteiger partial charge is 0.389 e. The van der Waals surface area contributed by atoms with Gasteiger partial charge in [-0.3, -0.25) is 0 Å². The molecule has 5 nitrogen and oxygen atoms in total. The first kappa shape index (κ1) is 19.0. The van der Waals surface area contributed by atoms with E-state index in [0.29, 0.717) is 32.0 Å². The Bertz CT molecular complexity index is 785. The summed E-state index contributed by atoms with van der Waals surface area (Å²) in [5, 5.41) is 3.16. The average molecular weight is 389 g/mol. The first-order valence-corrected chi connectivity index (χ1v) is 9.96. The van der Waals surface area contributed by atoms with Crippen LogP contribution >= 0.6 is 0 Å². The van der Waals surface area contributed by atoms with Crippen molar-refractivity contribution in [2.45, 2.75) is 36.4 Å². The number of alkyl halides is 3. The molecular formula is C17H22F3N3O2S. The number of hydrogen-bond donors (Lipinski definition) is 1. The normalized spacial score (nSPS) is 19.9. The highest BCUT2D eigenvalue weighted by Gasteiger charge is 2.35. The molecule has 0 atom stereocenters. The average Bonchev–Trinajstić information content (AvgIpc) is 3.15. The minimum absolute atomic E-state index is 0.231. The number of nitrogens with zero attached hydrogens (tertiary/aromatic N) is 2. The van der Waals surface area contributed by atoms with Crippen molar-refractivity contribution in [3.05, 3.63) is 41.7 Å². The molecule has 0 saturated carbocycles. The number of nitrogens with one attached hydrogen (secondary N) is 1. The number of rotatable bonds is 4. The lowest BCUT2D eigenvalue weighted by atomic mass is 10.0. The zero-order valence-corrected chi connectivity index (χ0v) is 15.3. The summed E-state index contributed by atoms with van der Waals surface area (Å²) in [5.41, 5.74) is 0.248. The SMILES string of the molecule is CN(C1=CNCC1)C1CCN(S(=O)(=O)c2cccc(C(F)(F)F)c2)CC1. The topological polar surface area (TPSA) is 52.6 Å². The fourth-order valence-electron chi connectivity index (χ4n) is 3.43. The molecule has 2 aliphatic heterocycles. The van der Waals surface area contributed by atoms with Gasteiger partial charge in [0.1, 0.15) is 0 Å². The van der Waals surface area contributed by atoms with Gasteiger partial charge in [-0.25, -0.2) is 8.42 Å². The van der Waals surface area contributed by atoms with Crippen LogP contribution in [-0.2, 0) is 16.2 Å². The van der Waals surface area contributed by atoms with E-state index < -0.39 is 21.8 Å². The van der Waals surface area contributed by atoms with Gasteiger partial charge in [0, 0.05) is 51.0 Å². The molecule has 0 bridgehead atoms.